The number of carbonyl (C=O) groups excluding carboxylic acids is 1. The van der Waals surface area contributed by atoms with Gasteiger partial charge in [0.05, 0.1) is 13.2 Å². The molecule has 0 aliphatic carbocycles. The average Bonchev–Trinajstić information content (AvgIpc) is 2.33. The lowest BCUT2D eigenvalue weighted by molar-refractivity contribution is 0.0303. The summed E-state index contributed by atoms with van der Waals surface area (Å²) in [5.74, 6) is 0.0370. The zero-order valence-electron chi connectivity index (χ0n) is 9.40. The monoisotopic (exact) mass is 220 g/mol. The van der Waals surface area contributed by atoms with E-state index in [4.69, 9.17) is 10.5 Å². The summed E-state index contributed by atoms with van der Waals surface area (Å²) < 4.78 is 5.21. The van der Waals surface area contributed by atoms with E-state index in [1.807, 2.05) is 19.1 Å². The number of carbonyl (C=O) groups is 1. The van der Waals surface area contributed by atoms with Gasteiger partial charge in [0.25, 0.3) is 5.91 Å². The van der Waals surface area contributed by atoms with Crippen molar-refractivity contribution >= 4 is 11.6 Å². The topological polar surface area (TPSA) is 55.6 Å². The molecule has 0 bridgehead atoms. The smallest absolute Gasteiger partial charge is 0.254 e. The summed E-state index contributed by atoms with van der Waals surface area (Å²) in [6.07, 6.45) is 0. The molecule has 1 fully saturated rings. The molecule has 86 valence electrons. The van der Waals surface area contributed by atoms with Crippen LogP contribution >= 0.6 is 0 Å². The maximum absolute atomic E-state index is 12.1. The lowest BCUT2D eigenvalue weighted by atomic mass is 10.1. The Morgan fingerprint density at radius 3 is 2.69 bits per heavy atom. The molecule has 4 nitrogen and oxygen atoms in total. The predicted molar refractivity (Wildman–Crippen MR) is 62.3 cm³/mol. The van der Waals surface area contributed by atoms with Crippen LogP contribution in [0.25, 0.3) is 0 Å². The number of amides is 1. The molecule has 1 aliphatic rings. The van der Waals surface area contributed by atoms with Gasteiger partial charge in [-0.2, -0.15) is 0 Å². The van der Waals surface area contributed by atoms with Crippen molar-refractivity contribution in [1.82, 2.24) is 4.90 Å². The summed E-state index contributed by atoms with van der Waals surface area (Å²) in [4.78, 5) is 13.9. The number of aryl methyl sites for hydroxylation is 1. The second kappa shape index (κ2) is 4.53. The first-order valence-electron chi connectivity index (χ1n) is 5.41. The first kappa shape index (κ1) is 11.0. The van der Waals surface area contributed by atoms with Gasteiger partial charge in [0.1, 0.15) is 0 Å². The molecular weight excluding hydrogens is 204 g/mol. The van der Waals surface area contributed by atoms with Crippen molar-refractivity contribution in [3.8, 4) is 0 Å². The summed E-state index contributed by atoms with van der Waals surface area (Å²) in [6, 6.07) is 5.44. The van der Waals surface area contributed by atoms with Crippen LogP contribution in [-0.4, -0.2) is 37.1 Å². The first-order chi connectivity index (χ1) is 7.68. The van der Waals surface area contributed by atoms with E-state index >= 15 is 0 Å². The fourth-order valence-electron chi connectivity index (χ4n) is 1.72. The van der Waals surface area contributed by atoms with Crippen LogP contribution in [0, 0.1) is 6.92 Å². The Hall–Kier alpha value is -1.55. The lowest BCUT2D eigenvalue weighted by Gasteiger charge is -2.27. The molecule has 0 radical (unpaired) electrons. The second-order valence-corrected chi connectivity index (χ2v) is 3.98. The fraction of sp³-hybridized carbons (Fsp3) is 0.417. The molecule has 1 heterocycles. The van der Waals surface area contributed by atoms with Crippen molar-refractivity contribution in [3.63, 3.8) is 0 Å². The molecule has 0 saturated carbocycles. The standard InChI is InChI=1S/C12H16N2O2/c1-9-2-3-10(8-11(9)13)12(15)14-4-6-16-7-5-14/h2-3,8H,4-7,13H2,1H3. The molecule has 1 aromatic rings. The van der Waals surface area contributed by atoms with Gasteiger partial charge in [-0.25, -0.2) is 0 Å². The van der Waals surface area contributed by atoms with Gasteiger partial charge in [0.15, 0.2) is 0 Å². The lowest BCUT2D eigenvalue weighted by Crippen LogP contribution is -2.40. The number of benzene rings is 1. The van der Waals surface area contributed by atoms with Gasteiger partial charge < -0.3 is 15.4 Å². The molecule has 2 N–H and O–H groups in total. The molecule has 1 amide bonds. The molecule has 0 spiro atoms. The van der Waals surface area contributed by atoms with Crippen LogP contribution in [0.4, 0.5) is 5.69 Å². The van der Waals surface area contributed by atoms with Crippen LogP contribution in [0.3, 0.4) is 0 Å². The molecule has 16 heavy (non-hydrogen) atoms. The molecule has 1 aromatic carbocycles. The Labute approximate surface area is 95.0 Å². The van der Waals surface area contributed by atoms with E-state index in [0.717, 1.165) is 5.56 Å². The minimum Gasteiger partial charge on any atom is -0.398 e. The molecule has 1 saturated heterocycles. The number of hydrogen-bond donors (Lipinski definition) is 1. The zero-order chi connectivity index (χ0) is 11.5. The number of nitrogens with two attached hydrogens (primary N) is 1. The van der Waals surface area contributed by atoms with Crippen molar-refractivity contribution in [2.45, 2.75) is 6.92 Å². The predicted octanol–water partition coefficient (Wildman–Crippen LogP) is 1.05. The van der Waals surface area contributed by atoms with E-state index in [1.54, 1.807) is 11.0 Å². The van der Waals surface area contributed by atoms with Crippen LogP contribution in [0.15, 0.2) is 18.2 Å². The minimum absolute atomic E-state index is 0.0370. The number of nitrogens with zero attached hydrogens (tertiary/aromatic N) is 1. The van der Waals surface area contributed by atoms with Crippen LogP contribution in [0.1, 0.15) is 15.9 Å². The molecular formula is C12H16N2O2. The second-order valence-electron chi connectivity index (χ2n) is 3.98. The highest BCUT2D eigenvalue weighted by atomic mass is 16.5. The number of hydrogen-bond acceptors (Lipinski definition) is 3. The van der Waals surface area contributed by atoms with Gasteiger partial charge in [-0.05, 0) is 24.6 Å². The number of ether oxygens (including phenoxy) is 1. The molecule has 0 atom stereocenters. The third-order valence-electron chi connectivity index (χ3n) is 2.82. The van der Waals surface area contributed by atoms with Crippen LogP contribution in [0.5, 0.6) is 0 Å². The quantitative estimate of drug-likeness (QED) is 0.720. The Bertz CT molecular complexity index is 398. The summed E-state index contributed by atoms with van der Waals surface area (Å²) in [5.41, 5.74) is 8.11. The SMILES string of the molecule is Cc1ccc(C(=O)N2CCOCC2)cc1N. The van der Waals surface area contributed by atoms with Gasteiger partial charge in [-0.15, -0.1) is 0 Å². The van der Waals surface area contributed by atoms with Gasteiger partial charge in [0, 0.05) is 24.3 Å². The Morgan fingerprint density at radius 2 is 2.06 bits per heavy atom. The van der Waals surface area contributed by atoms with E-state index in [-0.39, 0.29) is 5.91 Å². The number of anilines is 1. The van der Waals surface area contributed by atoms with Crippen molar-refractivity contribution in [1.29, 1.82) is 0 Å². The molecule has 1 aliphatic heterocycles. The van der Waals surface area contributed by atoms with E-state index in [0.29, 0.717) is 37.6 Å². The molecule has 0 aromatic heterocycles. The summed E-state index contributed by atoms with van der Waals surface area (Å²) in [6.45, 7) is 4.48. The summed E-state index contributed by atoms with van der Waals surface area (Å²) in [7, 11) is 0. The maximum atomic E-state index is 12.1. The highest BCUT2D eigenvalue weighted by Crippen LogP contribution is 2.15. The van der Waals surface area contributed by atoms with E-state index in [9.17, 15) is 4.79 Å². The number of nitrogen functional groups attached to an aromatic ring is 1. The van der Waals surface area contributed by atoms with Crippen molar-refractivity contribution in [2.24, 2.45) is 0 Å². The van der Waals surface area contributed by atoms with E-state index in [2.05, 4.69) is 0 Å². The normalized spacial score (nSPS) is 16.2. The van der Waals surface area contributed by atoms with Crippen molar-refractivity contribution in [2.75, 3.05) is 32.0 Å². The third kappa shape index (κ3) is 2.17. The highest BCUT2D eigenvalue weighted by molar-refractivity contribution is 5.95. The zero-order valence-corrected chi connectivity index (χ0v) is 9.40. The number of morpholine rings is 1. The maximum Gasteiger partial charge on any atom is 0.254 e. The molecule has 0 unspecified atom stereocenters. The van der Waals surface area contributed by atoms with Crippen molar-refractivity contribution in [3.05, 3.63) is 29.3 Å². The van der Waals surface area contributed by atoms with Crippen LogP contribution in [0.2, 0.25) is 0 Å². The van der Waals surface area contributed by atoms with Crippen LogP contribution in [-0.2, 0) is 4.74 Å². The van der Waals surface area contributed by atoms with Crippen LogP contribution < -0.4 is 5.73 Å². The van der Waals surface area contributed by atoms with Gasteiger partial charge >= 0.3 is 0 Å². The average molecular weight is 220 g/mol. The van der Waals surface area contributed by atoms with Gasteiger partial charge in [0.2, 0.25) is 0 Å². The summed E-state index contributed by atoms with van der Waals surface area (Å²) >= 11 is 0. The minimum atomic E-state index is 0.0370. The van der Waals surface area contributed by atoms with Gasteiger partial charge in [-0.3, -0.25) is 4.79 Å². The molecule has 4 heteroatoms. The highest BCUT2D eigenvalue weighted by Gasteiger charge is 2.18. The largest absolute Gasteiger partial charge is 0.398 e. The third-order valence-corrected chi connectivity index (χ3v) is 2.82. The van der Waals surface area contributed by atoms with E-state index < -0.39 is 0 Å². The van der Waals surface area contributed by atoms with Crippen molar-refractivity contribution < 1.29 is 9.53 Å². The fourth-order valence-corrected chi connectivity index (χ4v) is 1.72. The molecule has 2 rings (SSSR count). The Balaban J connectivity index is 2.16. The number of rotatable bonds is 1. The Morgan fingerprint density at radius 1 is 1.38 bits per heavy atom. The van der Waals surface area contributed by atoms with E-state index in [1.165, 1.54) is 0 Å². The van der Waals surface area contributed by atoms with Gasteiger partial charge in [-0.1, -0.05) is 6.07 Å². The first-order valence-corrected chi connectivity index (χ1v) is 5.41. The summed E-state index contributed by atoms with van der Waals surface area (Å²) in [5, 5.41) is 0. The Kier molecular flexibility index (Phi) is 3.10.